The summed E-state index contributed by atoms with van der Waals surface area (Å²) in [6.45, 7) is 4.53. The van der Waals surface area contributed by atoms with E-state index in [2.05, 4.69) is 47.1 Å². The summed E-state index contributed by atoms with van der Waals surface area (Å²) in [6, 6.07) is 12.1. The maximum Gasteiger partial charge on any atom is 0.128 e. The Morgan fingerprint density at radius 3 is 2.42 bits per heavy atom. The molecule has 2 aromatic carbocycles. The summed E-state index contributed by atoms with van der Waals surface area (Å²) in [5.41, 5.74) is 4.18. The van der Waals surface area contributed by atoms with Gasteiger partial charge in [-0.25, -0.2) is 0 Å². The van der Waals surface area contributed by atoms with E-state index in [0.717, 1.165) is 26.9 Å². The lowest BCUT2D eigenvalue weighted by Gasteiger charge is -2.14. The maximum atomic E-state index is 9.40. The van der Waals surface area contributed by atoms with Crippen molar-refractivity contribution in [3.63, 3.8) is 0 Å². The van der Waals surface area contributed by atoms with Crippen molar-refractivity contribution in [3.05, 3.63) is 63.1 Å². The van der Waals surface area contributed by atoms with E-state index in [-0.39, 0.29) is 6.61 Å². The van der Waals surface area contributed by atoms with Crippen molar-refractivity contribution in [2.75, 3.05) is 0 Å². The van der Waals surface area contributed by atoms with Crippen LogP contribution in [-0.2, 0) is 13.2 Å². The van der Waals surface area contributed by atoms with E-state index in [1.807, 2.05) is 19.1 Å². The lowest BCUT2D eigenvalue weighted by molar-refractivity contribution is 0.258. The van der Waals surface area contributed by atoms with E-state index in [0.29, 0.717) is 6.61 Å². The topological polar surface area (TPSA) is 29.5 Å². The van der Waals surface area contributed by atoms with Gasteiger partial charge in [-0.05, 0) is 37.1 Å². The summed E-state index contributed by atoms with van der Waals surface area (Å²) in [5.74, 6) is 0.770. The van der Waals surface area contributed by atoms with Crippen LogP contribution in [0.5, 0.6) is 5.75 Å². The number of hydrogen-bond donors (Lipinski definition) is 1. The first kappa shape index (κ1) is 14.1. The Balaban J connectivity index is 2.17. The second kappa shape index (κ2) is 6.22. The van der Waals surface area contributed by atoms with Gasteiger partial charge in [0.2, 0.25) is 0 Å². The van der Waals surface area contributed by atoms with E-state index < -0.39 is 0 Å². The molecule has 0 aliphatic carbocycles. The van der Waals surface area contributed by atoms with Gasteiger partial charge in [0.05, 0.1) is 6.61 Å². The number of ether oxygens (including phenoxy) is 1. The number of aliphatic hydroxyl groups is 1. The molecule has 0 amide bonds. The lowest BCUT2D eigenvalue weighted by atomic mass is 10.1. The van der Waals surface area contributed by atoms with Crippen molar-refractivity contribution in [3.8, 4) is 5.75 Å². The minimum absolute atomic E-state index is 0.0243. The predicted octanol–water partition coefficient (Wildman–Crippen LogP) is 4.14. The summed E-state index contributed by atoms with van der Waals surface area (Å²) in [5, 5.41) is 9.40. The average molecular weight is 321 g/mol. The zero-order valence-corrected chi connectivity index (χ0v) is 12.7. The van der Waals surface area contributed by atoms with Crippen LogP contribution in [0.4, 0.5) is 0 Å². The minimum atomic E-state index is -0.0243. The number of benzene rings is 2. The fraction of sp³-hybridized carbons (Fsp3) is 0.250. The molecule has 2 aromatic rings. The van der Waals surface area contributed by atoms with Gasteiger partial charge in [0, 0.05) is 10.0 Å². The van der Waals surface area contributed by atoms with Crippen molar-refractivity contribution in [2.24, 2.45) is 0 Å². The third kappa shape index (κ3) is 3.58. The van der Waals surface area contributed by atoms with Crippen LogP contribution < -0.4 is 4.74 Å². The van der Waals surface area contributed by atoms with E-state index in [4.69, 9.17) is 4.74 Å². The fourth-order valence-electron chi connectivity index (χ4n) is 1.96. The van der Waals surface area contributed by atoms with Crippen molar-refractivity contribution in [1.82, 2.24) is 0 Å². The van der Waals surface area contributed by atoms with Crippen LogP contribution in [0.3, 0.4) is 0 Å². The zero-order chi connectivity index (χ0) is 13.8. The number of rotatable bonds is 4. The van der Waals surface area contributed by atoms with Gasteiger partial charge in [0.25, 0.3) is 0 Å². The van der Waals surface area contributed by atoms with E-state index >= 15 is 0 Å². The molecule has 0 atom stereocenters. The molecule has 0 aliphatic rings. The van der Waals surface area contributed by atoms with Crippen LogP contribution in [0, 0.1) is 13.8 Å². The second-order valence-electron chi connectivity index (χ2n) is 4.64. The van der Waals surface area contributed by atoms with Crippen LogP contribution in [0.1, 0.15) is 22.3 Å². The van der Waals surface area contributed by atoms with Crippen molar-refractivity contribution in [1.29, 1.82) is 0 Å². The monoisotopic (exact) mass is 320 g/mol. The van der Waals surface area contributed by atoms with Gasteiger partial charge < -0.3 is 9.84 Å². The molecule has 0 unspecified atom stereocenters. The van der Waals surface area contributed by atoms with E-state index in [9.17, 15) is 5.11 Å². The molecule has 0 spiro atoms. The first-order chi connectivity index (χ1) is 9.10. The lowest BCUT2D eigenvalue weighted by Crippen LogP contribution is -2.01. The molecule has 19 heavy (non-hydrogen) atoms. The average Bonchev–Trinajstić information content (AvgIpc) is 2.39. The number of halogens is 1. The highest BCUT2D eigenvalue weighted by molar-refractivity contribution is 9.10. The van der Waals surface area contributed by atoms with Gasteiger partial charge in [-0.1, -0.05) is 45.8 Å². The standard InChI is InChI=1S/C16H17BrO2/c1-11-3-5-13(6-4-11)10-19-16-12(2)7-15(17)8-14(16)9-18/h3-8,18H,9-10H2,1-2H3. The van der Waals surface area contributed by atoms with Crippen LogP contribution in [0.2, 0.25) is 0 Å². The SMILES string of the molecule is Cc1ccc(COc2c(C)cc(Br)cc2CO)cc1. The fourth-order valence-corrected chi connectivity index (χ4v) is 2.58. The normalized spacial score (nSPS) is 10.5. The Bertz CT molecular complexity index is 562. The van der Waals surface area contributed by atoms with Crippen molar-refractivity contribution < 1.29 is 9.84 Å². The molecule has 0 radical (unpaired) electrons. The third-order valence-electron chi connectivity index (χ3n) is 2.99. The van der Waals surface area contributed by atoms with E-state index in [1.54, 1.807) is 0 Å². The first-order valence-electron chi connectivity index (χ1n) is 6.18. The molecule has 0 fully saturated rings. The smallest absolute Gasteiger partial charge is 0.128 e. The van der Waals surface area contributed by atoms with Gasteiger partial charge in [0.15, 0.2) is 0 Å². The number of aryl methyl sites for hydroxylation is 2. The third-order valence-corrected chi connectivity index (χ3v) is 3.45. The Hall–Kier alpha value is -1.32. The van der Waals surface area contributed by atoms with Gasteiger partial charge in [0.1, 0.15) is 12.4 Å². The quantitative estimate of drug-likeness (QED) is 0.917. The van der Waals surface area contributed by atoms with Crippen molar-refractivity contribution in [2.45, 2.75) is 27.1 Å². The summed E-state index contributed by atoms with van der Waals surface area (Å²) in [4.78, 5) is 0. The van der Waals surface area contributed by atoms with E-state index in [1.165, 1.54) is 5.56 Å². The molecular weight excluding hydrogens is 304 g/mol. The Kier molecular flexibility index (Phi) is 4.61. The van der Waals surface area contributed by atoms with Crippen LogP contribution >= 0.6 is 15.9 Å². The summed E-state index contributed by atoms with van der Waals surface area (Å²) < 4.78 is 6.81. The van der Waals surface area contributed by atoms with Gasteiger partial charge in [-0.3, -0.25) is 0 Å². The Morgan fingerprint density at radius 2 is 1.79 bits per heavy atom. The molecule has 3 heteroatoms. The van der Waals surface area contributed by atoms with Crippen LogP contribution in [0.15, 0.2) is 40.9 Å². The predicted molar refractivity (Wildman–Crippen MR) is 80.3 cm³/mol. The Labute approximate surface area is 122 Å². The van der Waals surface area contributed by atoms with Gasteiger partial charge >= 0.3 is 0 Å². The van der Waals surface area contributed by atoms with Crippen LogP contribution in [0.25, 0.3) is 0 Å². The van der Waals surface area contributed by atoms with Gasteiger partial charge in [-0.15, -0.1) is 0 Å². The number of aliphatic hydroxyl groups excluding tert-OH is 1. The highest BCUT2D eigenvalue weighted by Crippen LogP contribution is 2.28. The summed E-state index contributed by atoms with van der Waals surface area (Å²) in [6.07, 6.45) is 0. The molecule has 2 nitrogen and oxygen atoms in total. The molecule has 1 N–H and O–H groups in total. The largest absolute Gasteiger partial charge is 0.488 e. The molecule has 0 aromatic heterocycles. The highest BCUT2D eigenvalue weighted by Gasteiger charge is 2.08. The first-order valence-corrected chi connectivity index (χ1v) is 6.97. The summed E-state index contributed by atoms with van der Waals surface area (Å²) >= 11 is 3.43. The molecule has 100 valence electrons. The van der Waals surface area contributed by atoms with Gasteiger partial charge in [-0.2, -0.15) is 0 Å². The van der Waals surface area contributed by atoms with Crippen LogP contribution in [-0.4, -0.2) is 5.11 Å². The van der Waals surface area contributed by atoms with Crippen molar-refractivity contribution >= 4 is 15.9 Å². The zero-order valence-electron chi connectivity index (χ0n) is 11.1. The molecule has 0 aliphatic heterocycles. The maximum absolute atomic E-state index is 9.40. The molecular formula is C16H17BrO2. The molecule has 0 bridgehead atoms. The second-order valence-corrected chi connectivity index (χ2v) is 5.56. The summed E-state index contributed by atoms with van der Waals surface area (Å²) in [7, 11) is 0. The molecule has 0 saturated carbocycles. The molecule has 0 heterocycles. The number of hydrogen-bond acceptors (Lipinski definition) is 2. The molecule has 2 rings (SSSR count). The Morgan fingerprint density at radius 1 is 1.11 bits per heavy atom. The highest BCUT2D eigenvalue weighted by atomic mass is 79.9. The minimum Gasteiger partial charge on any atom is -0.488 e. The molecule has 0 saturated heterocycles.